The molecule has 0 bridgehead atoms. The van der Waals surface area contributed by atoms with Gasteiger partial charge in [0.15, 0.2) is 0 Å². The van der Waals surface area contributed by atoms with Gasteiger partial charge >= 0.3 is 0 Å². The summed E-state index contributed by atoms with van der Waals surface area (Å²) >= 11 is 0. The number of aromatic nitrogens is 2. The zero-order valence-electron chi connectivity index (χ0n) is 10.3. The van der Waals surface area contributed by atoms with Crippen molar-refractivity contribution in [2.24, 2.45) is 7.05 Å². The average molecular weight is 226 g/mol. The van der Waals surface area contributed by atoms with Crippen LogP contribution in [0.4, 0.5) is 0 Å². The molecule has 0 aliphatic carbocycles. The van der Waals surface area contributed by atoms with Gasteiger partial charge in [-0.15, -0.1) is 0 Å². The molecule has 1 aromatic rings. The summed E-state index contributed by atoms with van der Waals surface area (Å²) < 4.78 is 1.78. The summed E-state index contributed by atoms with van der Waals surface area (Å²) in [5.41, 5.74) is 1.99. The van der Waals surface area contributed by atoms with E-state index in [4.69, 9.17) is 0 Å². The molecule has 0 radical (unpaired) electrons. The maximum atomic E-state index is 9.82. The van der Waals surface area contributed by atoms with Gasteiger partial charge in [-0.1, -0.05) is 20.3 Å². The van der Waals surface area contributed by atoms with E-state index in [0.29, 0.717) is 12.8 Å². The highest BCUT2D eigenvalue weighted by Gasteiger charge is 2.17. The van der Waals surface area contributed by atoms with Crippen molar-refractivity contribution in [3.05, 3.63) is 17.5 Å². The summed E-state index contributed by atoms with van der Waals surface area (Å²) in [6, 6.07) is 1.99. The van der Waals surface area contributed by atoms with Gasteiger partial charge in [0, 0.05) is 19.2 Å². The Kier molecular flexibility index (Phi) is 4.96. The van der Waals surface area contributed by atoms with E-state index >= 15 is 0 Å². The van der Waals surface area contributed by atoms with E-state index < -0.39 is 12.2 Å². The van der Waals surface area contributed by atoms with E-state index in [1.54, 1.807) is 4.68 Å². The van der Waals surface area contributed by atoms with Gasteiger partial charge in [-0.2, -0.15) is 5.10 Å². The minimum Gasteiger partial charge on any atom is -0.390 e. The Bertz CT molecular complexity index is 323. The van der Waals surface area contributed by atoms with Gasteiger partial charge in [0.2, 0.25) is 0 Å². The van der Waals surface area contributed by atoms with Gasteiger partial charge < -0.3 is 10.2 Å². The predicted octanol–water partition coefficient (Wildman–Crippen LogP) is 1.05. The first-order chi connectivity index (χ1) is 7.58. The molecular formula is C12H22N2O2. The Labute approximate surface area is 96.9 Å². The molecule has 1 heterocycles. The zero-order valence-corrected chi connectivity index (χ0v) is 10.3. The van der Waals surface area contributed by atoms with Gasteiger partial charge in [0.1, 0.15) is 0 Å². The molecule has 0 amide bonds. The number of aliphatic hydroxyl groups excluding tert-OH is 2. The zero-order chi connectivity index (χ0) is 12.1. The smallest absolute Gasteiger partial charge is 0.0854 e. The van der Waals surface area contributed by atoms with Crippen molar-refractivity contribution in [1.29, 1.82) is 0 Å². The molecule has 16 heavy (non-hydrogen) atoms. The van der Waals surface area contributed by atoms with Crippen LogP contribution in [0.15, 0.2) is 6.07 Å². The van der Waals surface area contributed by atoms with Crippen LogP contribution in [0.1, 0.15) is 38.1 Å². The monoisotopic (exact) mass is 226 g/mol. The maximum Gasteiger partial charge on any atom is 0.0854 e. The van der Waals surface area contributed by atoms with E-state index in [1.807, 2.05) is 20.0 Å². The molecule has 0 saturated heterocycles. The third kappa shape index (κ3) is 3.32. The van der Waals surface area contributed by atoms with Crippen LogP contribution in [0.25, 0.3) is 0 Å². The van der Waals surface area contributed by atoms with Crippen LogP contribution >= 0.6 is 0 Å². The van der Waals surface area contributed by atoms with E-state index in [2.05, 4.69) is 12.0 Å². The summed E-state index contributed by atoms with van der Waals surface area (Å²) in [4.78, 5) is 0. The lowest BCUT2D eigenvalue weighted by molar-refractivity contribution is 0.0138. The second-order valence-electron chi connectivity index (χ2n) is 4.23. The molecule has 1 rings (SSSR count). The number of hydrogen-bond donors (Lipinski definition) is 2. The largest absolute Gasteiger partial charge is 0.390 e. The Morgan fingerprint density at radius 1 is 1.31 bits per heavy atom. The van der Waals surface area contributed by atoms with Crippen molar-refractivity contribution in [1.82, 2.24) is 9.78 Å². The molecule has 92 valence electrons. The molecule has 2 unspecified atom stereocenters. The van der Waals surface area contributed by atoms with Crippen molar-refractivity contribution in [3.63, 3.8) is 0 Å². The lowest BCUT2D eigenvalue weighted by Gasteiger charge is -2.16. The van der Waals surface area contributed by atoms with Crippen molar-refractivity contribution >= 4 is 0 Å². The number of aryl methyl sites for hydroxylation is 2. The fourth-order valence-corrected chi connectivity index (χ4v) is 1.77. The van der Waals surface area contributed by atoms with Crippen molar-refractivity contribution in [2.45, 2.75) is 51.7 Å². The summed E-state index contributed by atoms with van der Waals surface area (Å²) in [6.45, 7) is 4.05. The molecule has 0 fully saturated rings. The highest BCUT2D eigenvalue weighted by atomic mass is 16.3. The maximum absolute atomic E-state index is 9.82. The molecule has 2 N–H and O–H groups in total. The number of nitrogens with zero attached hydrogens (tertiary/aromatic N) is 2. The Balaban J connectivity index is 2.61. The summed E-state index contributed by atoms with van der Waals surface area (Å²) in [7, 11) is 1.87. The molecule has 4 nitrogen and oxygen atoms in total. The van der Waals surface area contributed by atoms with Gasteiger partial charge in [-0.05, 0) is 18.9 Å². The van der Waals surface area contributed by atoms with Crippen LogP contribution in [0, 0.1) is 0 Å². The second kappa shape index (κ2) is 6.01. The first kappa shape index (κ1) is 13.2. The van der Waals surface area contributed by atoms with Gasteiger partial charge in [-0.25, -0.2) is 0 Å². The molecule has 1 aromatic heterocycles. The topological polar surface area (TPSA) is 58.3 Å². The predicted molar refractivity (Wildman–Crippen MR) is 63.2 cm³/mol. The molecule has 0 saturated carbocycles. The van der Waals surface area contributed by atoms with Gasteiger partial charge in [0.25, 0.3) is 0 Å². The number of hydrogen-bond acceptors (Lipinski definition) is 3. The van der Waals surface area contributed by atoms with E-state index in [0.717, 1.165) is 24.2 Å². The van der Waals surface area contributed by atoms with Crippen molar-refractivity contribution in [3.8, 4) is 0 Å². The quantitative estimate of drug-likeness (QED) is 0.762. The Morgan fingerprint density at radius 3 is 2.50 bits per heavy atom. The molecule has 0 spiro atoms. The number of aliphatic hydroxyl groups is 2. The summed E-state index contributed by atoms with van der Waals surface area (Å²) in [5, 5.41) is 23.8. The van der Waals surface area contributed by atoms with Crippen molar-refractivity contribution < 1.29 is 10.2 Å². The van der Waals surface area contributed by atoms with Gasteiger partial charge in [-0.3, -0.25) is 4.68 Å². The SMILES string of the molecule is CCCC(O)C(O)Cc1cc(CC)nn1C. The lowest BCUT2D eigenvalue weighted by atomic mass is 10.0. The minimum absolute atomic E-state index is 0.463. The summed E-state index contributed by atoms with van der Waals surface area (Å²) in [6.07, 6.45) is 1.54. The third-order valence-electron chi connectivity index (χ3n) is 2.84. The van der Waals surface area contributed by atoms with E-state index in [-0.39, 0.29) is 0 Å². The van der Waals surface area contributed by atoms with E-state index in [1.165, 1.54) is 0 Å². The molecule has 4 heteroatoms. The Morgan fingerprint density at radius 2 is 2.00 bits per heavy atom. The third-order valence-corrected chi connectivity index (χ3v) is 2.84. The lowest BCUT2D eigenvalue weighted by Crippen LogP contribution is -2.28. The van der Waals surface area contributed by atoms with Crippen LogP contribution in [0.5, 0.6) is 0 Å². The first-order valence-electron chi connectivity index (χ1n) is 5.96. The minimum atomic E-state index is -0.694. The fraction of sp³-hybridized carbons (Fsp3) is 0.750. The van der Waals surface area contributed by atoms with Crippen LogP contribution in [-0.2, 0) is 19.9 Å². The average Bonchev–Trinajstić information content (AvgIpc) is 2.60. The van der Waals surface area contributed by atoms with E-state index in [9.17, 15) is 10.2 Å². The Hall–Kier alpha value is -0.870. The normalized spacial score (nSPS) is 15.1. The van der Waals surface area contributed by atoms with Crippen LogP contribution in [0.3, 0.4) is 0 Å². The van der Waals surface area contributed by atoms with Crippen LogP contribution < -0.4 is 0 Å². The number of rotatable bonds is 6. The molecule has 2 atom stereocenters. The van der Waals surface area contributed by atoms with Crippen LogP contribution in [0.2, 0.25) is 0 Å². The van der Waals surface area contributed by atoms with Gasteiger partial charge in [0.05, 0.1) is 17.9 Å². The van der Waals surface area contributed by atoms with Crippen molar-refractivity contribution in [2.75, 3.05) is 0 Å². The molecule has 0 aromatic carbocycles. The standard InChI is InChI=1S/C12H22N2O2/c1-4-6-11(15)12(16)8-10-7-9(5-2)13-14(10)3/h7,11-12,15-16H,4-6,8H2,1-3H3. The first-order valence-corrected chi connectivity index (χ1v) is 5.96. The molecule has 0 aliphatic heterocycles. The molecular weight excluding hydrogens is 204 g/mol. The fourth-order valence-electron chi connectivity index (χ4n) is 1.77. The second-order valence-corrected chi connectivity index (χ2v) is 4.23. The highest BCUT2D eigenvalue weighted by Crippen LogP contribution is 2.11. The molecule has 0 aliphatic rings. The summed E-state index contributed by atoms with van der Waals surface area (Å²) in [5.74, 6) is 0. The van der Waals surface area contributed by atoms with Crippen LogP contribution in [-0.4, -0.2) is 32.2 Å². The highest BCUT2D eigenvalue weighted by molar-refractivity contribution is 5.11.